The zero-order valence-electron chi connectivity index (χ0n) is 23.5. The number of piperidine rings is 1. The molecule has 0 spiro atoms. The fraction of sp³-hybridized carbons (Fsp3) is 0.419. The topological polar surface area (TPSA) is 76.7 Å². The van der Waals surface area contributed by atoms with Gasteiger partial charge in [-0.05, 0) is 105 Å². The number of likely N-dealkylation sites (tertiary alicyclic amines) is 2. The van der Waals surface area contributed by atoms with Gasteiger partial charge in [0.25, 0.3) is 0 Å². The van der Waals surface area contributed by atoms with Gasteiger partial charge in [-0.3, -0.25) is 14.8 Å². The van der Waals surface area contributed by atoms with Crippen molar-refractivity contribution in [3.63, 3.8) is 0 Å². The lowest BCUT2D eigenvalue weighted by molar-refractivity contribution is -0.121. The Morgan fingerprint density at radius 2 is 1.90 bits per heavy atom. The molecule has 0 radical (unpaired) electrons. The first kappa shape index (κ1) is 26.8. The smallest absolute Gasteiger partial charge is 0.246 e. The Balaban J connectivity index is 1.26. The number of amides is 1. The van der Waals surface area contributed by atoms with Crippen LogP contribution in [0, 0.1) is 0 Å². The molecule has 6 rings (SSSR count). The Labute approximate surface area is 239 Å². The van der Waals surface area contributed by atoms with Crippen molar-refractivity contribution in [2.45, 2.75) is 37.8 Å². The van der Waals surface area contributed by atoms with Gasteiger partial charge in [-0.2, -0.15) is 16.4 Å². The molecule has 2 saturated heterocycles. The quantitative estimate of drug-likeness (QED) is 0.293. The number of nitrogens with zero attached hydrogens (tertiary/aromatic N) is 4. The van der Waals surface area contributed by atoms with Crippen LogP contribution in [-0.4, -0.2) is 79.3 Å². The van der Waals surface area contributed by atoms with E-state index in [2.05, 4.69) is 66.9 Å². The molecule has 4 aromatic rings. The van der Waals surface area contributed by atoms with E-state index in [1.807, 2.05) is 37.7 Å². The van der Waals surface area contributed by atoms with Crippen molar-refractivity contribution in [3.05, 3.63) is 58.8 Å². The molecule has 40 heavy (non-hydrogen) atoms. The van der Waals surface area contributed by atoms with E-state index in [0.29, 0.717) is 0 Å². The van der Waals surface area contributed by atoms with E-state index in [4.69, 9.17) is 4.74 Å². The van der Waals surface area contributed by atoms with Crippen molar-refractivity contribution in [1.29, 1.82) is 0 Å². The fourth-order valence-corrected chi connectivity index (χ4v) is 6.56. The first-order valence-corrected chi connectivity index (χ1v) is 15.1. The molecule has 0 saturated carbocycles. The molecule has 2 aliphatic rings. The number of rotatable bonds is 8. The number of hydrogen-bond donors (Lipinski definition) is 2. The van der Waals surface area contributed by atoms with Gasteiger partial charge in [0.05, 0.1) is 11.2 Å². The molecular weight excluding hydrogens is 520 g/mol. The SMILES string of the molecule is CN1CCC(Oc2ccc(-c3n[nH]c4ccc(NC(=O)C(c5ccsc5)N5CCCC5)cc34)cc2N(C)C)CC1. The van der Waals surface area contributed by atoms with Gasteiger partial charge in [-0.25, -0.2) is 0 Å². The summed E-state index contributed by atoms with van der Waals surface area (Å²) in [6.07, 6.45) is 4.57. The van der Waals surface area contributed by atoms with Gasteiger partial charge in [0, 0.05) is 43.8 Å². The monoisotopic (exact) mass is 558 g/mol. The average Bonchev–Trinajstić information content (AvgIpc) is 3.73. The molecule has 2 aromatic carbocycles. The van der Waals surface area contributed by atoms with Crippen LogP contribution in [0.15, 0.2) is 53.2 Å². The lowest BCUT2D eigenvalue weighted by Crippen LogP contribution is -2.35. The molecule has 0 bridgehead atoms. The van der Waals surface area contributed by atoms with Gasteiger partial charge in [0.2, 0.25) is 5.91 Å². The molecule has 2 N–H and O–H groups in total. The highest BCUT2D eigenvalue weighted by atomic mass is 32.1. The van der Waals surface area contributed by atoms with Gasteiger partial charge in [0.1, 0.15) is 23.6 Å². The summed E-state index contributed by atoms with van der Waals surface area (Å²) in [5.74, 6) is 0.910. The van der Waals surface area contributed by atoms with Gasteiger partial charge >= 0.3 is 0 Å². The molecule has 4 heterocycles. The molecule has 2 aliphatic heterocycles. The summed E-state index contributed by atoms with van der Waals surface area (Å²) in [5, 5.41) is 16.1. The normalized spacial score (nSPS) is 17.8. The molecular formula is C31H38N6O2S. The van der Waals surface area contributed by atoms with Crippen LogP contribution in [0.3, 0.4) is 0 Å². The Kier molecular flexibility index (Phi) is 7.78. The van der Waals surface area contributed by atoms with Crippen molar-refractivity contribution < 1.29 is 9.53 Å². The van der Waals surface area contributed by atoms with E-state index >= 15 is 0 Å². The van der Waals surface area contributed by atoms with Crippen LogP contribution in [0.1, 0.15) is 37.3 Å². The van der Waals surface area contributed by atoms with Crippen LogP contribution in [0.25, 0.3) is 22.2 Å². The maximum atomic E-state index is 13.6. The Morgan fingerprint density at radius 3 is 2.62 bits per heavy atom. The number of carbonyl (C=O) groups excluding carboxylic acids is 1. The van der Waals surface area contributed by atoms with Gasteiger partial charge in [-0.1, -0.05) is 0 Å². The second-order valence-corrected chi connectivity index (χ2v) is 12.0. The summed E-state index contributed by atoms with van der Waals surface area (Å²) in [7, 11) is 6.25. The molecule has 1 amide bonds. The predicted molar refractivity (Wildman–Crippen MR) is 164 cm³/mol. The number of aromatic nitrogens is 2. The number of carbonyl (C=O) groups is 1. The number of ether oxygens (including phenoxy) is 1. The van der Waals surface area contributed by atoms with Gasteiger partial charge in [-0.15, -0.1) is 0 Å². The largest absolute Gasteiger partial charge is 0.488 e. The summed E-state index contributed by atoms with van der Waals surface area (Å²) in [6, 6.07) is 14.0. The van der Waals surface area contributed by atoms with Crippen molar-refractivity contribution in [1.82, 2.24) is 20.0 Å². The number of hydrogen-bond acceptors (Lipinski definition) is 7. The minimum Gasteiger partial charge on any atom is -0.488 e. The van der Waals surface area contributed by atoms with Crippen LogP contribution >= 0.6 is 11.3 Å². The maximum Gasteiger partial charge on any atom is 0.246 e. The fourth-order valence-electron chi connectivity index (χ4n) is 5.88. The van der Waals surface area contributed by atoms with Crippen molar-refractivity contribution >= 4 is 39.5 Å². The van der Waals surface area contributed by atoms with Crippen molar-refractivity contribution in [3.8, 4) is 17.0 Å². The third-order valence-corrected chi connectivity index (χ3v) is 8.82. The number of aromatic amines is 1. The van der Waals surface area contributed by atoms with E-state index in [-0.39, 0.29) is 18.1 Å². The summed E-state index contributed by atoms with van der Waals surface area (Å²) >= 11 is 1.63. The summed E-state index contributed by atoms with van der Waals surface area (Å²) in [6.45, 7) is 4.02. The van der Waals surface area contributed by atoms with E-state index in [9.17, 15) is 4.79 Å². The van der Waals surface area contributed by atoms with Gasteiger partial charge in [0.15, 0.2) is 0 Å². The number of benzene rings is 2. The second-order valence-electron chi connectivity index (χ2n) is 11.2. The van der Waals surface area contributed by atoms with E-state index < -0.39 is 0 Å². The molecule has 9 heteroatoms. The molecule has 8 nitrogen and oxygen atoms in total. The third-order valence-electron chi connectivity index (χ3n) is 8.12. The lowest BCUT2D eigenvalue weighted by atomic mass is 10.0. The highest BCUT2D eigenvalue weighted by Gasteiger charge is 2.30. The van der Waals surface area contributed by atoms with E-state index in [1.54, 1.807) is 11.3 Å². The number of anilines is 2. The van der Waals surface area contributed by atoms with Crippen molar-refractivity contribution in [2.75, 3.05) is 57.5 Å². The number of fused-ring (bicyclic) bond motifs is 1. The number of H-pyrrole nitrogens is 1. The highest BCUT2D eigenvalue weighted by molar-refractivity contribution is 7.08. The highest BCUT2D eigenvalue weighted by Crippen LogP contribution is 2.37. The third kappa shape index (κ3) is 5.59. The van der Waals surface area contributed by atoms with Crippen LogP contribution in [0.4, 0.5) is 11.4 Å². The molecule has 1 unspecified atom stereocenters. The van der Waals surface area contributed by atoms with Gasteiger partial charge < -0.3 is 19.9 Å². The molecule has 2 aromatic heterocycles. The predicted octanol–water partition coefficient (Wildman–Crippen LogP) is 5.61. The number of thiophene rings is 1. The lowest BCUT2D eigenvalue weighted by Gasteiger charge is -2.30. The zero-order chi connectivity index (χ0) is 27.6. The van der Waals surface area contributed by atoms with Crippen LogP contribution in [-0.2, 0) is 4.79 Å². The second kappa shape index (κ2) is 11.6. The minimum atomic E-state index is -0.270. The van der Waals surface area contributed by atoms with E-state index in [0.717, 1.165) is 96.7 Å². The molecule has 1 atom stereocenters. The first-order valence-electron chi connectivity index (χ1n) is 14.2. The molecule has 2 fully saturated rings. The van der Waals surface area contributed by atoms with Crippen LogP contribution in [0.5, 0.6) is 5.75 Å². The Morgan fingerprint density at radius 1 is 1.10 bits per heavy atom. The summed E-state index contributed by atoms with van der Waals surface area (Å²) in [5.41, 5.74) is 5.65. The standard InChI is InChI=1S/C31H38N6O2S/c1-35(2)27-18-21(6-9-28(27)39-24-10-15-36(3)16-11-24)29-25-19-23(7-8-26(25)33-34-29)32-31(38)30(22-12-17-40-20-22)37-13-4-5-14-37/h6-9,12,17-20,24,30H,4-5,10-11,13-16H2,1-3H3,(H,32,38)(H,33,34). The summed E-state index contributed by atoms with van der Waals surface area (Å²) < 4.78 is 6.47. The molecule has 210 valence electrons. The summed E-state index contributed by atoms with van der Waals surface area (Å²) in [4.78, 5) is 20.3. The van der Waals surface area contributed by atoms with Crippen LogP contribution < -0.4 is 15.0 Å². The van der Waals surface area contributed by atoms with E-state index in [1.165, 1.54) is 0 Å². The minimum absolute atomic E-state index is 0.00926. The Bertz CT molecular complexity index is 1450. The van der Waals surface area contributed by atoms with Crippen molar-refractivity contribution in [2.24, 2.45) is 0 Å². The number of nitrogens with one attached hydrogen (secondary N) is 2. The first-order chi connectivity index (χ1) is 19.5. The Hall–Kier alpha value is -3.40. The molecule has 0 aliphatic carbocycles. The maximum absolute atomic E-state index is 13.6. The average molecular weight is 559 g/mol. The zero-order valence-corrected chi connectivity index (χ0v) is 24.3. The van der Waals surface area contributed by atoms with Crippen LogP contribution in [0.2, 0.25) is 0 Å².